The highest BCUT2D eigenvalue weighted by Crippen LogP contribution is 2.28. The molecule has 0 saturated heterocycles. The number of halogens is 1. The van der Waals surface area contributed by atoms with Gasteiger partial charge in [-0.05, 0) is 30.3 Å². The molecule has 4 rings (SSSR count). The van der Waals surface area contributed by atoms with Gasteiger partial charge in [-0.2, -0.15) is 0 Å². The molecule has 3 heterocycles. The molecular weight excluding hydrogens is 322 g/mol. The molecule has 1 aliphatic heterocycles. The van der Waals surface area contributed by atoms with Crippen LogP contribution in [0.4, 0.5) is 0 Å². The van der Waals surface area contributed by atoms with E-state index in [0.29, 0.717) is 22.3 Å². The van der Waals surface area contributed by atoms with Gasteiger partial charge < -0.3 is 0 Å². The molecule has 2 aromatic heterocycles. The van der Waals surface area contributed by atoms with E-state index in [2.05, 4.69) is 25.9 Å². The van der Waals surface area contributed by atoms with Crippen molar-refractivity contribution in [3.05, 3.63) is 62.7 Å². The predicted molar refractivity (Wildman–Crippen MR) is 76.3 cm³/mol. The molecule has 0 spiro atoms. The average molecular weight is 328 g/mol. The second kappa shape index (κ2) is 3.83. The van der Waals surface area contributed by atoms with Crippen LogP contribution in [0.3, 0.4) is 0 Å². The molecule has 0 N–H and O–H groups in total. The van der Waals surface area contributed by atoms with Gasteiger partial charge in [0.1, 0.15) is 0 Å². The van der Waals surface area contributed by atoms with Crippen LogP contribution < -0.4 is 5.56 Å². The summed E-state index contributed by atoms with van der Waals surface area (Å²) in [4.78, 5) is 33.2. The minimum atomic E-state index is -0.271. The topological polar surface area (TPSA) is 64.8 Å². The lowest BCUT2D eigenvalue weighted by Crippen LogP contribution is -2.21. The van der Waals surface area contributed by atoms with Gasteiger partial charge in [-0.25, -0.2) is 9.97 Å². The van der Waals surface area contributed by atoms with Gasteiger partial charge in [0.05, 0.1) is 16.6 Å². The van der Waals surface area contributed by atoms with E-state index in [1.165, 1.54) is 4.57 Å². The Hall–Kier alpha value is -2.34. The van der Waals surface area contributed by atoms with Crippen LogP contribution in [0, 0.1) is 0 Å². The zero-order valence-electron chi connectivity index (χ0n) is 10.0. The van der Waals surface area contributed by atoms with Crippen molar-refractivity contribution < 1.29 is 4.79 Å². The Kier molecular flexibility index (Phi) is 2.20. The Balaban J connectivity index is 2.20. The molecule has 0 atom stereocenters. The fraction of sp³-hybridized carbons (Fsp3) is 0. The molecule has 3 aromatic rings. The molecule has 96 valence electrons. The number of carbonyl (C=O) groups is 1. The molecule has 0 amide bonds. The molecule has 0 bridgehead atoms. The molecule has 0 saturated carbocycles. The molecule has 20 heavy (non-hydrogen) atoms. The van der Waals surface area contributed by atoms with Crippen LogP contribution in [0.1, 0.15) is 16.2 Å². The summed E-state index contributed by atoms with van der Waals surface area (Å²) in [6, 6.07) is 8.56. The normalized spacial score (nSPS) is 12.6. The highest BCUT2D eigenvalue weighted by Gasteiger charge is 2.30. The molecule has 0 unspecified atom stereocenters. The van der Waals surface area contributed by atoms with Gasteiger partial charge in [0, 0.05) is 10.7 Å². The number of aromatic nitrogens is 3. The van der Waals surface area contributed by atoms with E-state index in [0.717, 1.165) is 4.47 Å². The maximum atomic E-state index is 12.5. The number of ketones is 1. The summed E-state index contributed by atoms with van der Waals surface area (Å²) in [5.74, 6) is -0.139. The van der Waals surface area contributed by atoms with Crippen molar-refractivity contribution in [1.29, 1.82) is 0 Å². The molecular formula is C14H6BrN3O2. The predicted octanol–water partition coefficient (Wildman–Crippen LogP) is 2.09. The summed E-state index contributed by atoms with van der Waals surface area (Å²) in [5.41, 5.74) is 1.06. The first-order valence-electron chi connectivity index (χ1n) is 5.89. The van der Waals surface area contributed by atoms with Crippen molar-refractivity contribution in [3.8, 4) is 5.69 Å². The van der Waals surface area contributed by atoms with E-state index < -0.39 is 0 Å². The number of nitrogens with zero attached hydrogens (tertiary/aromatic N) is 3. The van der Waals surface area contributed by atoms with Crippen molar-refractivity contribution in [3.63, 3.8) is 0 Å². The molecule has 0 fully saturated rings. The van der Waals surface area contributed by atoms with Crippen molar-refractivity contribution in [1.82, 2.24) is 14.5 Å². The molecule has 6 heteroatoms. The molecule has 1 aromatic carbocycles. The van der Waals surface area contributed by atoms with Crippen LogP contribution in [0.2, 0.25) is 0 Å². The number of hydrogen-bond acceptors (Lipinski definition) is 4. The van der Waals surface area contributed by atoms with Crippen LogP contribution >= 0.6 is 15.9 Å². The number of hydrogen-bond donors (Lipinski definition) is 0. The number of pyridine rings is 1. The third-order valence-electron chi connectivity index (χ3n) is 3.29. The van der Waals surface area contributed by atoms with Crippen LogP contribution in [0.5, 0.6) is 0 Å². The van der Waals surface area contributed by atoms with Crippen LogP contribution in [-0.2, 0) is 0 Å². The van der Waals surface area contributed by atoms with E-state index in [-0.39, 0.29) is 17.2 Å². The fourth-order valence-corrected chi connectivity index (χ4v) is 2.76. The van der Waals surface area contributed by atoms with Gasteiger partial charge in [-0.3, -0.25) is 14.2 Å². The highest BCUT2D eigenvalue weighted by molar-refractivity contribution is 9.10. The number of fused-ring (bicyclic) bond motifs is 4. The van der Waals surface area contributed by atoms with Gasteiger partial charge in [0.15, 0.2) is 11.5 Å². The van der Waals surface area contributed by atoms with Gasteiger partial charge in [0.25, 0.3) is 5.56 Å². The maximum Gasteiger partial charge on any atom is 0.267 e. The minimum absolute atomic E-state index is 0.120. The second-order valence-corrected chi connectivity index (χ2v) is 5.36. The zero-order valence-corrected chi connectivity index (χ0v) is 11.6. The monoisotopic (exact) mass is 327 g/mol. The van der Waals surface area contributed by atoms with E-state index in [1.54, 1.807) is 36.5 Å². The summed E-state index contributed by atoms with van der Waals surface area (Å²) in [6.45, 7) is 0. The standard InChI is InChI=1S/C14H6BrN3O2/c15-7-3-4-10-9(6-7)11(19)13-17-12-8(2-1-5-16-12)14(20)18(10)13/h1-6H. The average Bonchev–Trinajstić information content (AvgIpc) is 2.73. The van der Waals surface area contributed by atoms with Gasteiger partial charge in [-0.1, -0.05) is 15.9 Å². The fourth-order valence-electron chi connectivity index (χ4n) is 2.40. The van der Waals surface area contributed by atoms with Crippen molar-refractivity contribution in [2.75, 3.05) is 0 Å². The lowest BCUT2D eigenvalue weighted by Gasteiger charge is -2.04. The smallest absolute Gasteiger partial charge is 0.267 e. The third-order valence-corrected chi connectivity index (χ3v) is 3.78. The maximum absolute atomic E-state index is 12.5. The Morgan fingerprint density at radius 1 is 1.15 bits per heavy atom. The summed E-state index contributed by atoms with van der Waals surface area (Å²) in [5, 5.41) is 0.403. The van der Waals surface area contributed by atoms with E-state index >= 15 is 0 Å². The Bertz CT molecular complexity index is 962. The second-order valence-electron chi connectivity index (χ2n) is 4.44. The molecule has 0 aliphatic carbocycles. The van der Waals surface area contributed by atoms with Crippen molar-refractivity contribution in [2.45, 2.75) is 0 Å². The summed E-state index contributed by atoms with van der Waals surface area (Å²) in [6.07, 6.45) is 1.55. The summed E-state index contributed by atoms with van der Waals surface area (Å²) < 4.78 is 2.14. The number of carbonyl (C=O) groups excluding carboxylic acids is 1. The molecule has 1 aliphatic rings. The first-order chi connectivity index (χ1) is 9.66. The Morgan fingerprint density at radius 3 is 2.85 bits per heavy atom. The zero-order chi connectivity index (χ0) is 13.9. The third kappa shape index (κ3) is 1.36. The minimum Gasteiger partial charge on any atom is -0.285 e. The van der Waals surface area contributed by atoms with Gasteiger partial charge >= 0.3 is 0 Å². The highest BCUT2D eigenvalue weighted by atomic mass is 79.9. The lowest BCUT2D eigenvalue weighted by atomic mass is 10.1. The number of rotatable bonds is 0. The summed E-state index contributed by atoms with van der Waals surface area (Å²) in [7, 11) is 0. The van der Waals surface area contributed by atoms with Crippen LogP contribution in [0.15, 0.2) is 45.8 Å². The SMILES string of the molecule is O=C1c2cc(Br)ccc2-n2c1nc1ncccc1c2=O. The first kappa shape index (κ1) is 11.5. The number of benzene rings is 1. The van der Waals surface area contributed by atoms with Gasteiger partial charge in [-0.15, -0.1) is 0 Å². The van der Waals surface area contributed by atoms with E-state index in [1.807, 2.05) is 0 Å². The van der Waals surface area contributed by atoms with Crippen LogP contribution in [0.25, 0.3) is 16.7 Å². The lowest BCUT2D eigenvalue weighted by molar-refractivity contribution is 0.103. The van der Waals surface area contributed by atoms with Crippen LogP contribution in [-0.4, -0.2) is 20.3 Å². The molecule has 5 nitrogen and oxygen atoms in total. The quantitative estimate of drug-likeness (QED) is 0.496. The Labute approximate surface area is 121 Å². The van der Waals surface area contributed by atoms with Gasteiger partial charge in [0.2, 0.25) is 5.78 Å². The summed E-state index contributed by atoms with van der Waals surface area (Å²) >= 11 is 3.33. The van der Waals surface area contributed by atoms with Crippen molar-refractivity contribution >= 4 is 32.7 Å². The van der Waals surface area contributed by atoms with E-state index in [4.69, 9.17) is 0 Å². The van der Waals surface area contributed by atoms with E-state index in [9.17, 15) is 9.59 Å². The molecule has 0 radical (unpaired) electrons. The first-order valence-corrected chi connectivity index (χ1v) is 6.68. The largest absolute Gasteiger partial charge is 0.285 e. The Morgan fingerprint density at radius 2 is 2.00 bits per heavy atom. The van der Waals surface area contributed by atoms with Crippen molar-refractivity contribution in [2.24, 2.45) is 0 Å².